The number of fused-ring (bicyclic) bond motifs is 4. The fourth-order valence-corrected chi connectivity index (χ4v) is 4.11. The molecule has 0 bridgehead atoms. The van der Waals surface area contributed by atoms with Crippen molar-refractivity contribution in [3.63, 3.8) is 0 Å². The van der Waals surface area contributed by atoms with Crippen molar-refractivity contribution in [2.24, 2.45) is 0 Å². The third-order valence-electron chi connectivity index (χ3n) is 5.53. The number of benzene rings is 2. The zero-order valence-electron chi connectivity index (χ0n) is 15.5. The van der Waals surface area contributed by atoms with Gasteiger partial charge in [0.1, 0.15) is 18.2 Å². The number of aromatic nitrogens is 2. The Morgan fingerprint density at radius 3 is 3.11 bits per heavy atom. The lowest BCUT2D eigenvalue weighted by molar-refractivity contribution is 0.240. The molecule has 4 aromatic rings. The quantitative estimate of drug-likeness (QED) is 0.509. The van der Waals surface area contributed by atoms with Gasteiger partial charge in [-0.25, -0.2) is 4.39 Å². The highest BCUT2D eigenvalue weighted by atomic mass is 19.1. The average molecular weight is 375 g/mol. The van der Waals surface area contributed by atoms with Gasteiger partial charge in [0.2, 0.25) is 0 Å². The number of nitrogens with zero attached hydrogens (tertiary/aromatic N) is 1. The second-order valence-electron chi connectivity index (χ2n) is 7.39. The zero-order chi connectivity index (χ0) is 18.9. The fraction of sp³-hybridized carbons (Fsp3) is 0.261. The minimum absolute atomic E-state index is 0.189. The van der Waals surface area contributed by atoms with Crippen molar-refractivity contribution in [2.75, 3.05) is 13.2 Å². The molecule has 1 atom stereocenters. The summed E-state index contributed by atoms with van der Waals surface area (Å²) in [7, 11) is 0. The van der Waals surface area contributed by atoms with Crippen LogP contribution in [0.25, 0.3) is 21.8 Å². The Morgan fingerprint density at radius 2 is 2.14 bits per heavy atom. The average Bonchev–Trinajstić information content (AvgIpc) is 3.13. The monoisotopic (exact) mass is 375 g/mol. The number of ether oxygens (including phenoxy) is 1. The molecular weight excluding hydrogens is 353 g/mol. The molecule has 2 N–H and O–H groups in total. The molecule has 0 unspecified atom stereocenters. The smallest absolute Gasteiger partial charge is 0.123 e. The van der Waals surface area contributed by atoms with E-state index in [-0.39, 0.29) is 5.82 Å². The lowest BCUT2D eigenvalue weighted by Gasteiger charge is -2.27. The predicted molar refractivity (Wildman–Crippen MR) is 109 cm³/mol. The molecule has 1 aliphatic heterocycles. The first-order chi connectivity index (χ1) is 13.8. The number of aryl methyl sites for hydroxylation is 1. The van der Waals surface area contributed by atoms with Crippen molar-refractivity contribution >= 4 is 21.8 Å². The van der Waals surface area contributed by atoms with E-state index >= 15 is 0 Å². The maximum absolute atomic E-state index is 13.5. The van der Waals surface area contributed by atoms with Crippen LogP contribution in [0, 0.1) is 5.82 Å². The molecular formula is C23H22FN3O. The number of halogens is 1. The van der Waals surface area contributed by atoms with Gasteiger partial charge in [-0.15, -0.1) is 0 Å². The molecule has 5 heteroatoms. The Hall–Kier alpha value is -2.92. The molecule has 4 nitrogen and oxygen atoms in total. The summed E-state index contributed by atoms with van der Waals surface area (Å²) in [5.74, 6) is 0.783. The van der Waals surface area contributed by atoms with Crippen molar-refractivity contribution in [3.8, 4) is 5.75 Å². The van der Waals surface area contributed by atoms with E-state index in [1.54, 1.807) is 12.1 Å². The molecule has 2 aromatic carbocycles. The number of pyridine rings is 1. The standard InChI is InChI=1S/C23H22FN3O/c24-16-5-6-22-19(11-16)15(13-27-22)3-1-9-25-17-12-20-18-4-2-10-26-21(18)7-8-23(20)28-14-17/h2,4-8,10-11,13,17,25,27H,1,3,9,12,14H2/t17-/m0/s1. The number of aromatic amines is 1. The van der Waals surface area contributed by atoms with Gasteiger partial charge in [-0.3, -0.25) is 4.98 Å². The molecule has 0 amide bonds. The second-order valence-corrected chi connectivity index (χ2v) is 7.39. The first kappa shape index (κ1) is 17.2. The van der Waals surface area contributed by atoms with E-state index in [1.165, 1.54) is 22.6 Å². The van der Waals surface area contributed by atoms with E-state index in [0.29, 0.717) is 12.6 Å². The number of hydrogen-bond donors (Lipinski definition) is 2. The van der Waals surface area contributed by atoms with Gasteiger partial charge in [0.25, 0.3) is 0 Å². The lowest BCUT2D eigenvalue weighted by Crippen LogP contribution is -2.39. The van der Waals surface area contributed by atoms with Crippen LogP contribution in [-0.2, 0) is 12.8 Å². The highest BCUT2D eigenvalue weighted by Crippen LogP contribution is 2.31. The van der Waals surface area contributed by atoms with Gasteiger partial charge >= 0.3 is 0 Å². The SMILES string of the molecule is Fc1ccc2[nH]cc(CCCN[C@@H]3COc4ccc5ncccc5c4C3)c2c1. The molecule has 0 fully saturated rings. The van der Waals surface area contributed by atoms with Crippen LogP contribution in [0.2, 0.25) is 0 Å². The van der Waals surface area contributed by atoms with Crippen molar-refractivity contribution in [1.82, 2.24) is 15.3 Å². The molecule has 2 aromatic heterocycles. The van der Waals surface area contributed by atoms with Gasteiger partial charge in [0.05, 0.1) is 5.52 Å². The highest BCUT2D eigenvalue weighted by molar-refractivity contribution is 5.85. The van der Waals surface area contributed by atoms with Crippen LogP contribution in [-0.4, -0.2) is 29.2 Å². The minimum Gasteiger partial charge on any atom is -0.492 e. The Labute approximate surface area is 162 Å². The molecule has 0 radical (unpaired) electrons. The Bertz CT molecular complexity index is 1140. The molecule has 5 rings (SSSR count). The van der Waals surface area contributed by atoms with E-state index in [9.17, 15) is 4.39 Å². The van der Waals surface area contributed by atoms with Crippen LogP contribution in [0.4, 0.5) is 4.39 Å². The number of nitrogens with one attached hydrogen (secondary N) is 2. The Kier molecular flexibility index (Phi) is 4.45. The molecule has 1 aliphatic rings. The number of hydrogen-bond acceptors (Lipinski definition) is 3. The van der Waals surface area contributed by atoms with E-state index in [1.807, 2.05) is 30.6 Å². The van der Waals surface area contributed by atoms with Crippen molar-refractivity contribution in [3.05, 3.63) is 71.8 Å². The summed E-state index contributed by atoms with van der Waals surface area (Å²) in [5.41, 5.74) is 4.40. The second kappa shape index (κ2) is 7.24. The topological polar surface area (TPSA) is 49.9 Å². The molecule has 28 heavy (non-hydrogen) atoms. The molecule has 3 heterocycles. The van der Waals surface area contributed by atoms with Crippen LogP contribution >= 0.6 is 0 Å². The summed E-state index contributed by atoms with van der Waals surface area (Å²) in [6, 6.07) is 13.3. The largest absolute Gasteiger partial charge is 0.492 e. The zero-order valence-corrected chi connectivity index (χ0v) is 15.5. The summed E-state index contributed by atoms with van der Waals surface area (Å²) in [6.07, 6.45) is 6.65. The van der Waals surface area contributed by atoms with Crippen LogP contribution in [0.3, 0.4) is 0 Å². The highest BCUT2D eigenvalue weighted by Gasteiger charge is 2.21. The molecule has 0 spiro atoms. The Morgan fingerprint density at radius 1 is 1.18 bits per heavy atom. The van der Waals surface area contributed by atoms with Crippen LogP contribution < -0.4 is 10.1 Å². The van der Waals surface area contributed by atoms with Gasteiger partial charge in [-0.05, 0) is 67.8 Å². The summed E-state index contributed by atoms with van der Waals surface area (Å²) in [4.78, 5) is 7.66. The molecule has 142 valence electrons. The van der Waals surface area contributed by atoms with E-state index in [4.69, 9.17) is 4.74 Å². The maximum atomic E-state index is 13.5. The van der Waals surface area contributed by atoms with Gasteiger partial charge in [-0.2, -0.15) is 0 Å². The van der Waals surface area contributed by atoms with Crippen LogP contribution in [0.5, 0.6) is 5.75 Å². The van der Waals surface area contributed by atoms with Crippen LogP contribution in [0.15, 0.2) is 54.9 Å². The fourth-order valence-electron chi connectivity index (χ4n) is 4.11. The van der Waals surface area contributed by atoms with Gasteiger partial charge in [0.15, 0.2) is 0 Å². The van der Waals surface area contributed by atoms with Gasteiger partial charge in [-0.1, -0.05) is 6.07 Å². The predicted octanol–water partition coefficient (Wildman–Crippen LogP) is 4.38. The molecule has 0 saturated carbocycles. The summed E-state index contributed by atoms with van der Waals surface area (Å²) in [5, 5.41) is 5.77. The first-order valence-corrected chi connectivity index (χ1v) is 9.76. The number of H-pyrrole nitrogens is 1. The Balaban J connectivity index is 1.21. The summed E-state index contributed by atoms with van der Waals surface area (Å²) >= 11 is 0. The van der Waals surface area contributed by atoms with E-state index < -0.39 is 0 Å². The molecule has 0 saturated heterocycles. The van der Waals surface area contributed by atoms with Gasteiger partial charge in [0, 0.05) is 40.3 Å². The summed E-state index contributed by atoms with van der Waals surface area (Å²) < 4.78 is 19.5. The number of rotatable bonds is 5. The van der Waals surface area contributed by atoms with Crippen molar-refractivity contribution in [2.45, 2.75) is 25.3 Å². The third kappa shape index (κ3) is 3.22. The normalized spacial score (nSPS) is 16.2. The van der Waals surface area contributed by atoms with Crippen molar-refractivity contribution < 1.29 is 9.13 Å². The summed E-state index contributed by atoms with van der Waals surface area (Å²) in [6.45, 7) is 1.57. The first-order valence-electron chi connectivity index (χ1n) is 9.76. The van der Waals surface area contributed by atoms with E-state index in [0.717, 1.165) is 48.0 Å². The van der Waals surface area contributed by atoms with Gasteiger partial charge < -0.3 is 15.0 Å². The lowest BCUT2D eigenvalue weighted by atomic mass is 9.98. The van der Waals surface area contributed by atoms with E-state index in [2.05, 4.69) is 21.4 Å². The maximum Gasteiger partial charge on any atom is 0.123 e. The van der Waals surface area contributed by atoms with Crippen molar-refractivity contribution in [1.29, 1.82) is 0 Å². The minimum atomic E-state index is -0.189. The third-order valence-corrected chi connectivity index (χ3v) is 5.53. The molecule has 0 aliphatic carbocycles. The van der Waals surface area contributed by atoms with Crippen LogP contribution in [0.1, 0.15) is 17.5 Å².